The zero-order valence-corrected chi connectivity index (χ0v) is 11.9. The van der Waals surface area contributed by atoms with E-state index in [0.717, 1.165) is 25.9 Å². The van der Waals surface area contributed by atoms with Gasteiger partial charge in [0.2, 0.25) is 0 Å². The number of benzene rings is 1. The minimum absolute atomic E-state index is 0.0857. The van der Waals surface area contributed by atoms with Crippen LogP contribution in [0.1, 0.15) is 18.4 Å². The Kier molecular flexibility index (Phi) is 4.44. The number of hydrogen-bond acceptors (Lipinski definition) is 4. The Labute approximate surface area is 118 Å². The number of nitrogens with zero attached hydrogens (tertiary/aromatic N) is 3. The lowest BCUT2D eigenvalue weighted by Crippen LogP contribution is -2.42. The molecule has 5 nitrogen and oxygen atoms in total. The van der Waals surface area contributed by atoms with Crippen LogP contribution in [0.5, 0.6) is 0 Å². The molecule has 1 heterocycles. The highest BCUT2D eigenvalue weighted by Crippen LogP contribution is 2.25. The van der Waals surface area contributed by atoms with Crippen molar-refractivity contribution < 1.29 is 9.60 Å². The predicted molar refractivity (Wildman–Crippen MR) is 77.8 cm³/mol. The van der Waals surface area contributed by atoms with Gasteiger partial charge in [0.25, 0.3) is 0 Å². The van der Waals surface area contributed by atoms with Crippen LogP contribution in [0.2, 0.25) is 0 Å². The van der Waals surface area contributed by atoms with E-state index < -0.39 is 0 Å². The van der Waals surface area contributed by atoms with Crippen LogP contribution < -0.4 is 10.6 Å². The maximum absolute atomic E-state index is 14.2. The zero-order valence-electron chi connectivity index (χ0n) is 11.9. The molecule has 0 aliphatic carbocycles. The second kappa shape index (κ2) is 6.09. The van der Waals surface area contributed by atoms with Gasteiger partial charge in [0.1, 0.15) is 5.82 Å². The van der Waals surface area contributed by atoms with Gasteiger partial charge >= 0.3 is 0 Å². The fourth-order valence-electron chi connectivity index (χ4n) is 2.59. The molecule has 0 bridgehead atoms. The van der Waals surface area contributed by atoms with Crippen LogP contribution in [0.3, 0.4) is 0 Å². The van der Waals surface area contributed by atoms with Crippen LogP contribution in [-0.2, 0) is 0 Å². The molecule has 1 aliphatic rings. The van der Waals surface area contributed by atoms with Crippen molar-refractivity contribution in [3.63, 3.8) is 0 Å². The van der Waals surface area contributed by atoms with Crippen molar-refractivity contribution in [3.05, 3.63) is 29.6 Å². The lowest BCUT2D eigenvalue weighted by Gasteiger charge is -2.36. The number of oxime groups is 1. The summed E-state index contributed by atoms with van der Waals surface area (Å²) in [5, 5.41) is 11.5. The number of halogens is 1. The van der Waals surface area contributed by atoms with E-state index in [-0.39, 0.29) is 11.7 Å². The molecule has 0 atom stereocenters. The topological polar surface area (TPSA) is 65.1 Å². The average molecular weight is 280 g/mol. The molecule has 2 rings (SSSR count). The fourth-order valence-corrected chi connectivity index (χ4v) is 2.59. The minimum atomic E-state index is -0.351. The van der Waals surface area contributed by atoms with E-state index in [9.17, 15) is 4.39 Å². The summed E-state index contributed by atoms with van der Waals surface area (Å²) in [4.78, 5) is 4.26. The number of piperidine rings is 1. The Morgan fingerprint density at radius 1 is 1.45 bits per heavy atom. The molecule has 0 unspecified atom stereocenters. The molecule has 0 amide bonds. The normalized spacial score (nSPS) is 18.2. The summed E-state index contributed by atoms with van der Waals surface area (Å²) in [6.07, 6.45) is 2.04. The standard InChI is InChI=1S/C14H21FN4O/c1-18-7-5-11(6-8-18)19(2)13-4-3-10(9-12(13)15)14(16)17-20/h3-4,9,11,20H,5-8H2,1-2H3,(H2,16,17). The molecule has 0 saturated carbocycles. The SMILES string of the molecule is CN1CCC(N(C)c2ccc(/C(N)=N/O)cc2F)CC1. The van der Waals surface area contributed by atoms with Crippen LogP contribution in [0.25, 0.3) is 0 Å². The molecule has 0 spiro atoms. The average Bonchev–Trinajstić information content (AvgIpc) is 2.46. The van der Waals surface area contributed by atoms with Gasteiger partial charge in [-0.25, -0.2) is 4.39 Å². The van der Waals surface area contributed by atoms with Crippen LogP contribution in [0.4, 0.5) is 10.1 Å². The minimum Gasteiger partial charge on any atom is -0.409 e. The second-order valence-electron chi connectivity index (χ2n) is 5.30. The molecular formula is C14H21FN4O. The molecule has 110 valence electrons. The van der Waals surface area contributed by atoms with E-state index in [1.165, 1.54) is 6.07 Å². The number of likely N-dealkylation sites (tertiary alicyclic amines) is 1. The Morgan fingerprint density at radius 2 is 2.10 bits per heavy atom. The van der Waals surface area contributed by atoms with Crippen molar-refractivity contribution in [1.29, 1.82) is 0 Å². The first-order valence-electron chi connectivity index (χ1n) is 6.71. The highest BCUT2D eigenvalue weighted by Gasteiger charge is 2.22. The highest BCUT2D eigenvalue weighted by molar-refractivity contribution is 5.97. The molecule has 0 aromatic heterocycles. The van der Waals surface area contributed by atoms with Crippen LogP contribution in [0.15, 0.2) is 23.4 Å². The zero-order chi connectivity index (χ0) is 14.7. The summed E-state index contributed by atoms with van der Waals surface area (Å²) in [6.45, 7) is 2.05. The third kappa shape index (κ3) is 3.01. The third-order valence-electron chi connectivity index (χ3n) is 3.97. The Morgan fingerprint density at radius 3 is 2.65 bits per heavy atom. The molecule has 1 aliphatic heterocycles. The van der Waals surface area contributed by atoms with Crippen LogP contribution in [0, 0.1) is 5.82 Å². The van der Waals surface area contributed by atoms with E-state index in [1.54, 1.807) is 12.1 Å². The molecule has 1 aromatic rings. The molecule has 6 heteroatoms. The van der Waals surface area contributed by atoms with Crippen LogP contribution in [-0.4, -0.2) is 49.2 Å². The second-order valence-corrected chi connectivity index (χ2v) is 5.30. The van der Waals surface area contributed by atoms with Gasteiger partial charge in [-0.3, -0.25) is 0 Å². The Balaban J connectivity index is 2.16. The number of rotatable bonds is 3. The summed E-state index contributed by atoms with van der Waals surface area (Å²) in [7, 11) is 4.01. The smallest absolute Gasteiger partial charge is 0.170 e. The van der Waals surface area contributed by atoms with Gasteiger partial charge < -0.3 is 20.7 Å². The summed E-state index contributed by atoms with van der Waals surface area (Å²) in [5.74, 6) is -0.437. The van der Waals surface area contributed by atoms with Crippen LogP contribution >= 0.6 is 0 Å². The first-order valence-corrected chi connectivity index (χ1v) is 6.71. The van der Waals surface area contributed by atoms with Gasteiger partial charge in [-0.2, -0.15) is 0 Å². The number of anilines is 1. The lowest BCUT2D eigenvalue weighted by atomic mass is 10.0. The first kappa shape index (κ1) is 14.6. The van der Waals surface area contributed by atoms with E-state index in [2.05, 4.69) is 17.1 Å². The number of hydrogen-bond donors (Lipinski definition) is 2. The van der Waals surface area contributed by atoms with Crippen molar-refractivity contribution in [3.8, 4) is 0 Å². The number of nitrogens with two attached hydrogens (primary N) is 1. The maximum Gasteiger partial charge on any atom is 0.170 e. The molecule has 3 N–H and O–H groups in total. The molecule has 1 fully saturated rings. The fraction of sp³-hybridized carbons (Fsp3) is 0.500. The van der Waals surface area contributed by atoms with Crippen molar-refractivity contribution in [2.24, 2.45) is 10.9 Å². The van der Waals surface area contributed by atoms with Gasteiger partial charge in [0.05, 0.1) is 5.69 Å². The Hall–Kier alpha value is -1.82. The highest BCUT2D eigenvalue weighted by atomic mass is 19.1. The van der Waals surface area contributed by atoms with E-state index >= 15 is 0 Å². The molecule has 1 saturated heterocycles. The monoisotopic (exact) mass is 280 g/mol. The predicted octanol–water partition coefficient (Wildman–Crippen LogP) is 1.45. The molecule has 0 radical (unpaired) electrons. The van der Waals surface area contributed by atoms with Gasteiger partial charge in [0, 0.05) is 18.7 Å². The van der Waals surface area contributed by atoms with E-state index in [0.29, 0.717) is 17.3 Å². The largest absolute Gasteiger partial charge is 0.409 e. The van der Waals surface area contributed by atoms with Crippen molar-refractivity contribution in [1.82, 2.24) is 4.90 Å². The van der Waals surface area contributed by atoms with Gasteiger partial charge in [-0.05, 0) is 51.2 Å². The van der Waals surface area contributed by atoms with Gasteiger partial charge in [0.15, 0.2) is 5.84 Å². The number of amidine groups is 1. The lowest BCUT2D eigenvalue weighted by molar-refractivity contribution is 0.252. The quantitative estimate of drug-likeness (QED) is 0.381. The van der Waals surface area contributed by atoms with Crippen molar-refractivity contribution in [2.45, 2.75) is 18.9 Å². The van der Waals surface area contributed by atoms with Gasteiger partial charge in [-0.1, -0.05) is 5.16 Å². The summed E-state index contributed by atoms with van der Waals surface area (Å²) in [5.41, 5.74) is 6.39. The molecule has 1 aromatic carbocycles. The summed E-state index contributed by atoms with van der Waals surface area (Å²) in [6, 6.07) is 4.99. The van der Waals surface area contributed by atoms with Crippen molar-refractivity contribution >= 4 is 11.5 Å². The van der Waals surface area contributed by atoms with E-state index in [4.69, 9.17) is 10.9 Å². The maximum atomic E-state index is 14.2. The summed E-state index contributed by atoms with van der Waals surface area (Å²) >= 11 is 0. The first-order chi connectivity index (χ1) is 9.52. The summed E-state index contributed by atoms with van der Waals surface area (Å²) < 4.78 is 14.2. The Bertz CT molecular complexity index is 498. The van der Waals surface area contributed by atoms with Crippen molar-refractivity contribution in [2.75, 3.05) is 32.1 Å². The van der Waals surface area contributed by atoms with E-state index in [1.807, 2.05) is 11.9 Å². The van der Waals surface area contributed by atoms with Gasteiger partial charge in [-0.15, -0.1) is 0 Å². The third-order valence-corrected chi connectivity index (χ3v) is 3.97. The molecule has 20 heavy (non-hydrogen) atoms. The molecular weight excluding hydrogens is 259 g/mol.